The van der Waals surface area contributed by atoms with Gasteiger partial charge in [-0.15, -0.1) is 0 Å². The summed E-state index contributed by atoms with van der Waals surface area (Å²) in [5.74, 6) is -2.82. The predicted octanol–water partition coefficient (Wildman–Crippen LogP) is -0.877. The SMILES string of the molecule is CC(C)(C(=O)O)S(=O)(=O)CC(=O)N1CCOCC1. The highest BCUT2D eigenvalue weighted by Crippen LogP contribution is 2.18. The summed E-state index contributed by atoms with van der Waals surface area (Å²) in [7, 11) is -4.04. The van der Waals surface area contributed by atoms with Crippen LogP contribution in [0.2, 0.25) is 0 Å². The third-order valence-electron chi connectivity index (χ3n) is 2.97. The zero-order valence-corrected chi connectivity index (χ0v) is 11.2. The van der Waals surface area contributed by atoms with Crippen LogP contribution >= 0.6 is 0 Å². The third-order valence-corrected chi connectivity index (χ3v) is 5.33. The summed E-state index contributed by atoms with van der Waals surface area (Å²) in [6.45, 7) is 3.57. The first-order valence-corrected chi connectivity index (χ1v) is 7.15. The lowest BCUT2D eigenvalue weighted by molar-refractivity contribution is -0.139. The molecule has 1 heterocycles. The van der Waals surface area contributed by atoms with Crippen molar-refractivity contribution in [2.24, 2.45) is 0 Å². The van der Waals surface area contributed by atoms with Crippen LogP contribution in [0, 0.1) is 0 Å². The fourth-order valence-corrected chi connectivity index (χ4v) is 2.51. The van der Waals surface area contributed by atoms with Crippen LogP contribution in [0.4, 0.5) is 0 Å². The Hall–Kier alpha value is -1.15. The first-order valence-electron chi connectivity index (χ1n) is 5.49. The molecular weight excluding hydrogens is 262 g/mol. The topological polar surface area (TPSA) is 101 Å². The Morgan fingerprint density at radius 3 is 2.22 bits per heavy atom. The van der Waals surface area contributed by atoms with Gasteiger partial charge in [0.25, 0.3) is 0 Å². The van der Waals surface area contributed by atoms with E-state index in [-0.39, 0.29) is 0 Å². The van der Waals surface area contributed by atoms with Gasteiger partial charge in [-0.25, -0.2) is 8.42 Å². The Kier molecular flexibility index (Phi) is 4.33. The second-order valence-corrected chi connectivity index (χ2v) is 7.11. The van der Waals surface area contributed by atoms with E-state index in [1.807, 2.05) is 0 Å². The molecule has 0 aromatic carbocycles. The third kappa shape index (κ3) is 2.99. The number of morpholine rings is 1. The molecule has 0 saturated carbocycles. The zero-order valence-electron chi connectivity index (χ0n) is 10.4. The molecule has 0 atom stereocenters. The number of hydrogen-bond donors (Lipinski definition) is 1. The number of rotatable bonds is 4. The first-order chi connectivity index (χ1) is 8.18. The van der Waals surface area contributed by atoms with Crippen LogP contribution in [0.3, 0.4) is 0 Å². The fraction of sp³-hybridized carbons (Fsp3) is 0.800. The molecule has 1 saturated heterocycles. The molecule has 0 spiro atoms. The maximum Gasteiger partial charge on any atom is 0.324 e. The molecule has 1 aliphatic heterocycles. The molecule has 7 nitrogen and oxygen atoms in total. The van der Waals surface area contributed by atoms with Crippen molar-refractivity contribution >= 4 is 21.7 Å². The van der Waals surface area contributed by atoms with E-state index in [9.17, 15) is 18.0 Å². The Morgan fingerprint density at radius 1 is 1.28 bits per heavy atom. The van der Waals surface area contributed by atoms with E-state index in [1.54, 1.807) is 0 Å². The number of hydrogen-bond acceptors (Lipinski definition) is 5. The molecule has 104 valence electrons. The van der Waals surface area contributed by atoms with Crippen molar-refractivity contribution in [3.05, 3.63) is 0 Å². The second kappa shape index (κ2) is 5.23. The number of ether oxygens (including phenoxy) is 1. The van der Waals surface area contributed by atoms with Crippen molar-refractivity contribution in [2.75, 3.05) is 32.1 Å². The molecular formula is C10H17NO6S. The second-order valence-electron chi connectivity index (χ2n) is 4.57. The lowest BCUT2D eigenvalue weighted by atomic mass is 10.2. The van der Waals surface area contributed by atoms with Crippen molar-refractivity contribution in [3.8, 4) is 0 Å². The van der Waals surface area contributed by atoms with Crippen LogP contribution in [-0.2, 0) is 24.2 Å². The molecule has 0 aliphatic carbocycles. The van der Waals surface area contributed by atoms with Crippen molar-refractivity contribution in [3.63, 3.8) is 0 Å². The summed E-state index contributed by atoms with van der Waals surface area (Å²) in [5, 5.41) is 8.88. The molecule has 8 heteroatoms. The highest BCUT2D eigenvalue weighted by atomic mass is 32.2. The smallest absolute Gasteiger partial charge is 0.324 e. The van der Waals surface area contributed by atoms with Gasteiger partial charge < -0.3 is 14.7 Å². The lowest BCUT2D eigenvalue weighted by Crippen LogP contribution is -2.48. The van der Waals surface area contributed by atoms with Gasteiger partial charge in [-0.3, -0.25) is 9.59 Å². The van der Waals surface area contributed by atoms with E-state index < -0.39 is 32.2 Å². The predicted molar refractivity (Wildman–Crippen MR) is 62.9 cm³/mol. The number of carbonyl (C=O) groups is 2. The van der Waals surface area contributed by atoms with Gasteiger partial charge in [0.1, 0.15) is 5.75 Å². The van der Waals surface area contributed by atoms with Crippen LogP contribution in [-0.4, -0.2) is 67.1 Å². The highest BCUT2D eigenvalue weighted by Gasteiger charge is 2.43. The number of nitrogens with zero attached hydrogens (tertiary/aromatic N) is 1. The van der Waals surface area contributed by atoms with Gasteiger partial charge in [0.05, 0.1) is 13.2 Å². The minimum absolute atomic E-state index is 0.335. The number of aliphatic carboxylic acids is 1. The van der Waals surface area contributed by atoms with Gasteiger partial charge >= 0.3 is 5.97 Å². The van der Waals surface area contributed by atoms with Gasteiger partial charge in [0, 0.05) is 13.1 Å². The lowest BCUT2D eigenvalue weighted by Gasteiger charge is -2.28. The molecule has 0 bridgehead atoms. The van der Waals surface area contributed by atoms with E-state index >= 15 is 0 Å². The van der Waals surface area contributed by atoms with E-state index in [0.717, 1.165) is 13.8 Å². The Morgan fingerprint density at radius 2 is 1.78 bits per heavy atom. The van der Waals surface area contributed by atoms with Gasteiger partial charge in [-0.05, 0) is 13.8 Å². The molecule has 0 unspecified atom stereocenters. The first kappa shape index (κ1) is 14.9. The molecule has 0 aromatic rings. The molecule has 1 amide bonds. The number of amides is 1. The monoisotopic (exact) mass is 279 g/mol. The summed E-state index contributed by atoms with van der Waals surface area (Å²) < 4.78 is 26.9. The quantitative estimate of drug-likeness (QED) is 0.717. The number of carboxylic acid groups (broad SMARTS) is 1. The molecule has 18 heavy (non-hydrogen) atoms. The number of carbonyl (C=O) groups excluding carboxylic acids is 1. The van der Waals surface area contributed by atoms with Crippen molar-refractivity contribution < 1.29 is 27.9 Å². The fourth-order valence-electron chi connectivity index (χ4n) is 1.38. The van der Waals surface area contributed by atoms with Gasteiger partial charge in [-0.2, -0.15) is 0 Å². The van der Waals surface area contributed by atoms with Crippen LogP contribution in [0.15, 0.2) is 0 Å². The summed E-state index contributed by atoms with van der Waals surface area (Å²) in [6.07, 6.45) is 0. The van der Waals surface area contributed by atoms with Gasteiger partial charge in [-0.1, -0.05) is 0 Å². The molecule has 1 rings (SSSR count). The average Bonchev–Trinajstić information content (AvgIpc) is 2.29. The molecule has 1 N–H and O–H groups in total. The minimum atomic E-state index is -4.04. The molecule has 0 aromatic heterocycles. The zero-order chi connectivity index (χ0) is 14.0. The van der Waals surface area contributed by atoms with Crippen molar-refractivity contribution in [1.82, 2.24) is 4.90 Å². The number of sulfone groups is 1. The highest BCUT2D eigenvalue weighted by molar-refractivity contribution is 7.94. The molecule has 1 aliphatic rings. The van der Waals surface area contributed by atoms with Crippen LogP contribution in [0.25, 0.3) is 0 Å². The van der Waals surface area contributed by atoms with Gasteiger partial charge in [0.15, 0.2) is 14.6 Å². The Bertz CT molecular complexity index is 435. The maximum atomic E-state index is 11.9. The van der Waals surface area contributed by atoms with E-state index in [4.69, 9.17) is 9.84 Å². The summed E-state index contributed by atoms with van der Waals surface area (Å²) in [6, 6.07) is 0. The van der Waals surface area contributed by atoms with Crippen molar-refractivity contribution in [1.29, 1.82) is 0 Å². The Balaban J connectivity index is 2.77. The number of carboxylic acids is 1. The standard InChI is InChI=1S/C10H17NO6S/c1-10(2,9(13)14)18(15,16)7-8(12)11-3-5-17-6-4-11/h3-7H2,1-2H3,(H,13,14). The van der Waals surface area contributed by atoms with Crippen molar-refractivity contribution in [2.45, 2.75) is 18.6 Å². The molecule has 0 radical (unpaired) electrons. The summed E-state index contributed by atoms with van der Waals surface area (Å²) in [4.78, 5) is 24.1. The Labute approximate surface area is 106 Å². The molecule has 1 fully saturated rings. The maximum absolute atomic E-state index is 11.9. The summed E-state index contributed by atoms with van der Waals surface area (Å²) >= 11 is 0. The average molecular weight is 279 g/mol. The normalized spacial score (nSPS) is 17.6. The van der Waals surface area contributed by atoms with E-state index in [0.29, 0.717) is 26.3 Å². The summed E-state index contributed by atoms with van der Waals surface area (Å²) in [5.41, 5.74) is 0. The van der Waals surface area contributed by atoms with Gasteiger partial charge in [0.2, 0.25) is 5.91 Å². The van der Waals surface area contributed by atoms with Crippen LogP contribution in [0.5, 0.6) is 0 Å². The van der Waals surface area contributed by atoms with Crippen LogP contribution in [0.1, 0.15) is 13.8 Å². The van der Waals surface area contributed by atoms with E-state index in [1.165, 1.54) is 4.90 Å². The van der Waals surface area contributed by atoms with E-state index in [2.05, 4.69) is 0 Å². The largest absolute Gasteiger partial charge is 0.480 e. The minimum Gasteiger partial charge on any atom is -0.480 e. The van der Waals surface area contributed by atoms with Crippen LogP contribution < -0.4 is 0 Å².